The topological polar surface area (TPSA) is 12.5 Å². The lowest BCUT2D eigenvalue weighted by Gasteiger charge is -2.49. The van der Waals surface area contributed by atoms with E-state index in [9.17, 15) is 4.39 Å². The first-order valence-electron chi connectivity index (χ1n) is 5.57. The fraction of sp³-hybridized carbons (Fsp3) is 1.00. The van der Waals surface area contributed by atoms with E-state index < -0.39 is 6.17 Å². The van der Waals surface area contributed by atoms with E-state index in [-0.39, 0.29) is 17.7 Å². The van der Waals surface area contributed by atoms with Gasteiger partial charge in [0.05, 0.1) is 12.7 Å². The Morgan fingerprint density at radius 1 is 1.57 bits per heavy atom. The molecule has 82 valence electrons. The van der Waals surface area contributed by atoms with Crippen molar-refractivity contribution in [3.63, 3.8) is 0 Å². The largest absolute Gasteiger partial charge is 0.377 e. The molecule has 2 saturated heterocycles. The molecular weight excluding hydrogens is 181 g/mol. The second-order valence-electron chi connectivity index (χ2n) is 4.99. The SMILES string of the molecule is CC(C)OC[C@]12CCN1[C@H](C)[C@@H](F)C2. The molecule has 14 heavy (non-hydrogen) atoms. The number of ether oxygens (including phenoxy) is 1. The van der Waals surface area contributed by atoms with Crippen LogP contribution in [-0.2, 0) is 4.74 Å². The van der Waals surface area contributed by atoms with E-state index in [1.54, 1.807) is 0 Å². The Morgan fingerprint density at radius 2 is 2.29 bits per heavy atom. The van der Waals surface area contributed by atoms with Gasteiger partial charge < -0.3 is 4.74 Å². The maximum atomic E-state index is 13.5. The molecule has 2 heterocycles. The molecule has 2 aliphatic rings. The smallest absolute Gasteiger partial charge is 0.117 e. The van der Waals surface area contributed by atoms with E-state index in [0.717, 1.165) is 13.0 Å². The Kier molecular flexibility index (Phi) is 2.56. The molecule has 0 aromatic heterocycles. The molecule has 0 N–H and O–H groups in total. The Morgan fingerprint density at radius 3 is 2.71 bits per heavy atom. The van der Waals surface area contributed by atoms with Gasteiger partial charge in [0.2, 0.25) is 0 Å². The average molecular weight is 201 g/mol. The van der Waals surface area contributed by atoms with E-state index in [2.05, 4.69) is 4.90 Å². The van der Waals surface area contributed by atoms with E-state index >= 15 is 0 Å². The van der Waals surface area contributed by atoms with Gasteiger partial charge in [-0.1, -0.05) is 0 Å². The Labute approximate surface area is 85.4 Å². The zero-order valence-corrected chi connectivity index (χ0v) is 9.29. The zero-order valence-electron chi connectivity index (χ0n) is 9.29. The van der Waals surface area contributed by atoms with Crippen LogP contribution in [0, 0.1) is 0 Å². The summed E-state index contributed by atoms with van der Waals surface area (Å²) in [5.74, 6) is 0. The first kappa shape index (κ1) is 10.4. The van der Waals surface area contributed by atoms with Crippen molar-refractivity contribution < 1.29 is 9.13 Å². The zero-order chi connectivity index (χ0) is 10.3. The molecule has 3 atom stereocenters. The summed E-state index contributed by atoms with van der Waals surface area (Å²) in [4.78, 5) is 2.28. The van der Waals surface area contributed by atoms with Gasteiger partial charge in [-0.15, -0.1) is 0 Å². The van der Waals surface area contributed by atoms with E-state index in [1.807, 2.05) is 20.8 Å². The van der Waals surface area contributed by atoms with Crippen molar-refractivity contribution in [3.05, 3.63) is 0 Å². The highest BCUT2D eigenvalue weighted by Gasteiger charge is 2.55. The van der Waals surface area contributed by atoms with E-state index in [4.69, 9.17) is 4.74 Å². The summed E-state index contributed by atoms with van der Waals surface area (Å²) in [6, 6.07) is 0.0968. The first-order valence-corrected chi connectivity index (χ1v) is 5.57. The first-order chi connectivity index (χ1) is 6.55. The predicted molar refractivity (Wildman–Crippen MR) is 54.1 cm³/mol. The molecule has 2 nitrogen and oxygen atoms in total. The molecule has 0 aromatic carbocycles. The van der Waals surface area contributed by atoms with Gasteiger partial charge in [0.15, 0.2) is 0 Å². The molecule has 0 bridgehead atoms. The monoisotopic (exact) mass is 201 g/mol. The van der Waals surface area contributed by atoms with E-state index in [1.165, 1.54) is 0 Å². The lowest BCUT2D eigenvalue weighted by molar-refractivity contribution is -0.0770. The third-order valence-electron chi connectivity index (χ3n) is 3.70. The van der Waals surface area contributed by atoms with Crippen LogP contribution in [0.5, 0.6) is 0 Å². The quantitative estimate of drug-likeness (QED) is 0.692. The number of halogens is 1. The highest BCUT2D eigenvalue weighted by atomic mass is 19.1. The lowest BCUT2D eigenvalue weighted by atomic mass is 9.85. The molecule has 0 spiro atoms. The van der Waals surface area contributed by atoms with Crippen LogP contribution < -0.4 is 0 Å². The van der Waals surface area contributed by atoms with Crippen LogP contribution >= 0.6 is 0 Å². The summed E-state index contributed by atoms with van der Waals surface area (Å²) >= 11 is 0. The van der Waals surface area contributed by atoms with E-state index in [0.29, 0.717) is 13.0 Å². The average Bonchev–Trinajstić information content (AvgIpc) is 2.23. The Bertz CT molecular complexity index is 221. The molecule has 2 aliphatic heterocycles. The van der Waals surface area contributed by atoms with Gasteiger partial charge in [-0.3, -0.25) is 4.90 Å². The van der Waals surface area contributed by atoms with Gasteiger partial charge in [-0.2, -0.15) is 0 Å². The molecule has 2 rings (SSSR count). The molecule has 0 saturated carbocycles. The van der Waals surface area contributed by atoms with Crippen molar-refractivity contribution in [2.75, 3.05) is 13.2 Å². The van der Waals surface area contributed by atoms with Crippen molar-refractivity contribution >= 4 is 0 Å². The van der Waals surface area contributed by atoms with Gasteiger partial charge >= 0.3 is 0 Å². The van der Waals surface area contributed by atoms with Crippen molar-refractivity contribution in [2.24, 2.45) is 0 Å². The second kappa shape index (κ2) is 3.46. The third kappa shape index (κ3) is 1.47. The summed E-state index contributed by atoms with van der Waals surface area (Å²) in [5.41, 5.74) is 0.0447. The Balaban J connectivity index is 1.96. The molecular formula is C11H20FNO. The van der Waals surface area contributed by atoms with Gasteiger partial charge in [0.1, 0.15) is 6.17 Å². The molecule has 0 unspecified atom stereocenters. The number of hydrogen-bond donors (Lipinski definition) is 0. The van der Waals surface area contributed by atoms with Gasteiger partial charge in [-0.05, 0) is 27.2 Å². The number of hydrogen-bond acceptors (Lipinski definition) is 2. The minimum absolute atomic E-state index is 0.0447. The lowest BCUT2D eigenvalue weighted by Crippen LogP contribution is -2.60. The maximum absolute atomic E-state index is 13.5. The molecule has 0 aromatic rings. The summed E-state index contributed by atoms with van der Waals surface area (Å²) in [6.45, 7) is 7.80. The molecule has 0 radical (unpaired) electrons. The van der Waals surface area contributed by atoms with Crippen molar-refractivity contribution in [1.29, 1.82) is 0 Å². The third-order valence-corrected chi connectivity index (χ3v) is 3.70. The van der Waals surface area contributed by atoms with Crippen molar-refractivity contribution in [3.8, 4) is 0 Å². The summed E-state index contributed by atoms with van der Waals surface area (Å²) in [6.07, 6.45) is 1.36. The second-order valence-corrected chi connectivity index (χ2v) is 4.99. The van der Waals surface area contributed by atoms with Crippen LogP contribution in [0.2, 0.25) is 0 Å². The minimum atomic E-state index is -0.659. The standard InChI is InChI=1S/C11H20FNO/c1-8(2)14-7-11-4-5-13(11)9(3)10(12)6-11/h8-10H,4-7H2,1-3H3/t9-,10+,11-/m1/s1. The summed E-state index contributed by atoms with van der Waals surface area (Å²) in [7, 11) is 0. The summed E-state index contributed by atoms with van der Waals surface area (Å²) < 4.78 is 19.2. The molecule has 2 fully saturated rings. The molecule has 0 amide bonds. The van der Waals surface area contributed by atoms with Crippen molar-refractivity contribution in [2.45, 2.75) is 57.5 Å². The number of nitrogens with zero attached hydrogens (tertiary/aromatic N) is 1. The van der Waals surface area contributed by atoms with Crippen LogP contribution in [-0.4, -0.2) is 41.9 Å². The van der Waals surface area contributed by atoms with Crippen LogP contribution in [0.3, 0.4) is 0 Å². The van der Waals surface area contributed by atoms with Crippen LogP contribution in [0.1, 0.15) is 33.6 Å². The number of fused-ring (bicyclic) bond motifs is 1. The Hall–Kier alpha value is -0.150. The van der Waals surface area contributed by atoms with Crippen LogP contribution in [0.25, 0.3) is 0 Å². The fourth-order valence-corrected chi connectivity index (χ4v) is 2.68. The highest BCUT2D eigenvalue weighted by Crippen LogP contribution is 2.45. The van der Waals surface area contributed by atoms with Crippen LogP contribution in [0.4, 0.5) is 4.39 Å². The van der Waals surface area contributed by atoms with Gasteiger partial charge in [0, 0.05) is 24.5 Å². The summed E-state index contributed by atoms with van der Waals surface area (Å²) in [5, 5.41) is 0. The van der Waals surface area contributed by atoms with Gasteiger partial charge in [0.25, 0.3) is 0 Å². The number of alkyl halides is 1. The predicted octanol–water partition coefficient (Wildman–Crippen LogP) is 1.99. The molecule has 3 heteroatoms. The number of rotatable bonds is 3. The highest BCUT2D eigenvalue weighted by molar-refractivity contribution is 5.10. The van der Waals surface area contributed by atoms with Gasteiger partial charge in [-0.25, -0.2) is 4.39 Å². The molecule has 0 aliphatic carbocycles. The van der Waals surface area contributed by atoms with Crippen molar-refractivity contribution in [1.82, 2.24) is 4.90 Å². The minimum Gasteiger partial charge on any atom is -0.377 e. The van der Waals surface area contributed by atoms with Crippen LogP contribution in [0.15, 0.2) is 0 Å². The maximum Gasteiger partial charge on any atom is 0.117 e. The fourth-order valence-electron chi connectivity index (χ4n) is 2.68. The normalized spacial score (nSPS) is 42.6.